The maximum Gasteiger partial charge on any atom is 0.217 e. The third kappa shape index (κ3) is 4.53. The van der Waals surface area contributed by atoms with E-state index in [2.05, 4.69) is 21.2 Å². The van der Waals surface area contributed by atoms with Crippen LogP contribution in [0.3, 0.4) is 0 Å². The Bertz CT molecular complexity index is 623. The highest BCUT2D eigenvalue weighted by molar-refractivity contribution is 9.10. The molecule has 0 heterocycles. The molecule has 0 bridgehead atoms. The number of carbonyl (C=O) groups is 2. The van der Waals surface area contributed by atoms with Gasteiger partial charge in [-0.2, -0.15) is 0 Å². The van der Waals surface area contributed by atoms with Crippen molar-refractivity contribution in [3.8, 4) is 0 Å². The van der Waals surface area contributed by atoms with E-state index in [1.165, 1.54) is 6.92 Å². The van der Waals surface area contributed by atoms with Crippen LogP contribution >= 0.6 is 15.9 Å². The van der Waals surface area contributed by atoms with Crippen molar-refractivity contribution in [3.63, 3.8) is 0 Å². The molecule has 1 atom stereocenters. The van der Waals surface area contributed by atoms with Crippen molar-refractivity contribution in [2.75, 3.05) is 0 Å². The number of amides is 1. The molecule has 0 spiro atoms. The largest absolute Gasteiger partial charge is 0.349 e. The fourth-order valence-electron chi connectivity index (χ4n) is 2.12. The number of carbonyl (C=O) groups excluding carboxylic acids is 2. The zero-order valence-corrected chi connectivity index (χ0v) is 13.3. The van der Waals surface area contributed by atoms with Gasteiger partial charge in [0.1, 0.15) is 0 Å². The average Bonchev–Trinajstić information content (AvgIpc) is 2.47. The Balaban J connectivity index is 2.17. The minimum atomic E-state index is -0.306. The van der Waals surface area contributed by atoms with Crippen LogP contribution in [0, 0.1) is 0 Å². The van der Waals surface area contributed by atoms with Crippen molar-refractivity contribution in [1.82, 2.24) is 5.32 Å². The third-order valence-corrected chi connectivity index (χ3v) is 3.66. The molecule has 2 aromatic rings. The first-order valence-electron chi connectivity index (χ1n) is 6.67. The summed E-state index contributed by atoms with van der Waals surface area (Å²) in [6.07, 6.45) is 0.241. The Labute approximate surface area is 132 Å². The van der Waals surface area contributed by atoms with Gasteiger partial charge in [-0.3, -0.25) is 9.59 Å². The monoisotopic (exact) mass is 345 g/mol. The van der Waals surface area contributed by atoms with Crippen molar-refractivity contribution in [2.45, 2.75) is 19.4 Å². The molecule has 4 heteroatoms. The summed E-state index contributed by atoms with van der Waals surface area (Å²) in [6.45, 7) is 1.46. The fraction of sp³-hybridized carbons (Fsp3) is 0.176. The van der Waals surface area contributed by atoms with Crippen LogP contribution in [0.2, 0.25) is 0 Å². The van der Waals surface area contributed by atoms with Crippen LogP contribution < -0.4 is 5.32 Å². The smallest absolute Gasteiger partial charge is 0.217 e. The Morgan fingerprint density at radius 1 is 1.05 bits per heavy atom. The van der Waals surface area contributed by atoms with Gasteiger partial charge in [-0.25, -0.2) is 0 Å². The highest BCUT2D eigenvalue weighted by Crippen LogP contribution is 2.20. The Morgan fingerprint density at radius 3 is 2.24 bits per heavy atom. The number of hydrogen-bond acceptors (Lipinski definition) is 2. The van der Waals surface area contributed by atoms with E-state index in [1.54, 1.807) is 12.1 Å². The molecule has 3 nitrogen and oxygen atoms in total. The minimum Gasteiger partial charge on any atom is -0.349 e. The van der Waals surface area contributed by atoms with Crippen LogP contribution in [0.1, 0.15) is 35.3 Å². The number of Topliss-reactive ketones (excluding diaryl/α,β-unsaturated/α-hetero) is 1. The topological polar surface area (TPSA) is 46.2 Å². The molecular formula is C17H16BrNO2. The molecule has 0 aliphatic rings. The lowest BCUT2D eigenvalue weighted by Gasteiger charge is -2.17. The van der Waals surface area contributed by atoms with Crippen molar-refractivity contribution in [2.24, 2.45) is 0 Å². The highest BCUT2D eigenvalue weighted by Gasteiger charge is 2.17. The summed E-state index contributed by atoms with van der Waals surface area (Å²) >= 11 is 3.35. The maximum absolute atomic E-state index is 12.4. The van der Waals surface area contributed by atoms with Crippen LogP contribution in [0.5, 0.6) is 0 Å². The zero-order chi connectivity index (χ0) is 15.2. The molecule has 21 heavy (non-hydrogen) atoms. The predicted molar refractivity (Wildman–Crippen MR) is 86.1 cm³/mol. The molecule has 0 saturated carbocycles. The van der Waals surface area contributed by atoms with Gasteiger partial charge in [-0.05, 0) is 17.7 Å². The molecule has 0 fully saturated rings. The van der Waals surface area contributed by atoms with Crippen LogP contribution in [-0.4, -0.2) is 11.7 Å². The van der Waals surface area contributed by atoms with Crippen LogP contribution in [0.15, 0.2) is 59.1 Å². The second kappa shape index (κ2) is 7.18. The standard InChI is InChI=1S/C17H16BrNO2/c1-12(20)19-16(13-5-3-2-4-6-13)11-17(21)14-7-9-15(18)10-8-14/h2-10,16H,11H2,1H3,(H,19,20). The number of rotatable bonds is 5. The van der Waals surface area contributed by atoms with Gasteiger partial charge in [-0.1, -0.05) is 58.4 Å². The Morgan fingerprint density at radius 2 is 1.67 bits per heavy atom. The van der Waals surface area contributed by atoms with E-state index in [9.17, 15) is 9.59 Å². The van der Waals surface area contributed by atoms with Crippen molar-refractivity contribution in [1.29, 1.82) is 0 Å². The summed E-state index contributed by atoms with van der Waals surface area (Å²) in [4.78, 5) is 23.7. The van der Waals surface area contributed by atoms with E-state index in [-0.39, 0.29) is 24.2 Å². The molecule has 2 aromatic carbocycles. The van der Waals surface area contributed by atoms with Gasteiger partial charge in [-0.15, -0.1) is 0 Å². The molecule has 0 aliphatic carbocycles. The first-order chi connectivity index (χ1) is 10.1. The van der Waals surface area contributed by atoms with E-state index < -0.39 is 0 Å². The first-order valence-corrected chi connectivity index (χ1v) is 7.46. The number of hydrogen-bond donors (Lipinski definition) is 1. The summed E-state index contributed by atoms with van der Waals surface area (Å²) < 4.78 is 0.931. The normalized spacial score (nSPS) is 11.7. The molecule has 0 aromatic heterocycles. The first kappa shape index (κ1) is 15.4. The third-order valence-electron chi connectivity index (χ3n) is 3.14. The molecule has 2 rings (SSSR count). The average molecular weight is 346 g/mol. The lowest BCUT2D eigenvalue weighted by molar-refractivity contribution is -0.119. The molecular weight excluding hydrogens is 330 g/mol. The highest BCUT2D eigenvalue weighted by atomic mass is 79.9. The van der Waals surface area contributed by atoms with Crippen molar-refractivity contribution < 1.29 is 9.59 Å². The molecule has 1 N–H and O–H groups in total. The van der Waals surface area contributed by atoms with Gasteiger partial charge in [0.2, 0.25) is 5.91 Å². The summed E-state index contributed by atoms with van der Waals surface area (Å²) in [5, 5.41) is 2.84. The van der Waals surface area contributed by atoms with E-state index in [0.29, 0.717) is 5.56 Å². The Kier molecular flexibility index (Phi) is 5.28. The SMILES string of the molecule is CC(=O)NC(CC(=O)c1ccc(Br)cc1)c1ccccc1. The second-order valence-electron chi connectivity index (χ2n) is 4.80. The summed E-state index contributed by atoms with van der Waals surface area (Å²) in [7, 11) is 0. The van der Waals surface area contributed by atoms with Crippen LogP contribution in [0.4, 0.5) is 0 Å². The molecule has 108 valence electrons. The maximum atomic E-state index is 12.4. The van der Waals surface area contributed by atoms with Gasteiger partial charge >= 0.3 is 0 Å². The molecule has 0 saturated heterocycles. The molecule has 0 aliphatic heterocycles. The van der Waals surface area contributed by atoms with Gasteiger partial charge in [0, 0.05) is 23.4 Å². The van der Waals surface area contributed by atoms with Gasteiger partial charge in [0.15, 0.2) is 5.78 Å². The summed E-state index contributed by atoms with van der Waals surface area (Å²) in [5.74, 6) is -0.141. The zero-order valence-electron chi connectivity index (χ0n) is 11.7. The van der Waals surface area contributed by atoms with Crippen molar-refractivity contribution >= 4 is 27.6 Å². The lowest BCUT2D eigenvalue weighted by atomic mass is 9.98. The van der Waals surface area contributed by atoms with E-state index in [0.717, 1.165) is 10.0 Å². The molecule has 1 unspecified atom stereocenters. The quantitative estimate of drug-likeness (QED) is 0.835. The second-order valence-corrected chi connectivity index (χ2v) is 5.71. The molecule has 1 amide bonds. The minimum absolute atomic E-state index is 0.00473. The number of halogens is 1. The number of ketones is 1. The van der Waals surface area contributed by atoms with Gasteiger partial charge in [0.25, 0.3) is 0 Å². The lowest BCUT2D eigenvalue weighted by Crippen LogP contribution is -2.28. The van der Waals surface area contributed by atoms with Crippen LogP contribution in [0.25, 0.3) is 0 Å². The predicted octanol–water partition coefficient (Wildman–Crippen LogP) is 3.90. The Hall–Kier alpha value is -1.94. The van der Waals surface area contributed by atoms with E-state index in [4.69, 9.17) is 0 Å². The summed E-state index contributed by atoms with van der Waals surface area (Å²) in [6, 6.07) is 16.5. The van der Waals surface area contributed by atoms with Gasteiger partial charge < -0.3 is 5.32 Å². The van der Waals surface area contributed by atoms with E-state index in [1.807, 2.05) is 42.5 Å². The molecule has 0 radical (unpaired) electrons. The van der Waals surface area contributed by atoms with E-state index >= 15 is 0 Å². The number of nitrogens with one attached hydrogen (secondary N) is 1. The van der Waals surface area contributed by atoms with Gasteiger partial charge in [0.05, 0.1) is 6.04 Å². The van der Waals surface area contributed by atoms with Crippen LogP contribution in [-0.2, 0) is 4.79 Å². The fourth-order valence-corrected chi connectivity index (χ4v) is 2.39. The van der Waals surface area contributed by atoms with Crippen molar-refractivity contribution in [3.05, 3.63) is 70.2 Å². The number of benzene rings is 2. The summed E-state index contributed by atoms with van der Waals surface area (Å²) in [5.41, 5.74) is 1.57.